The Morgan fingerprint density at radius 1 is 1.32 bits per heavy atom. The quantitative estimate of drug-likeness (QED) is 0.907. The van der Waals surface area contributed by atoms with E-state index in [1.54, 1.807) is 0 Å². The smallest absolute Gasteiger partial charge is 0.218 e. The maximum absolute atomic E-state index is 6.09. The lowest BCUT2D eigenvalue weighted by Crippen LogP contribution is -2.34. The highest BCUT2D eigenvalue weighted by Crippen LogP contribution is 2.39. The summed E-state index contributed by atoms with van der Waals surface area (Å²) in [7, 11) is 1.86. The summed E-state index contributed by atoms with van der Waals surface area (Å²) in [5.41, 5.74) is 0.357. The zero-order valence-corrected chi connectivity index (χ0v) is 12.7. The fraction of sp³-hybridized carbons (Fsp3) is 0.733. The van der Waals surface area contributed by atoms with E-state index in [-0.39, 0.29) is 6.10 Å². The van der Waals surface area contributed by atoms with Crippen molar-refractivity contribution in [3.63, 3.8) is 0 Å². The van der Waals surface area contributed by atoms with E-state index in [9.17, 15) is 0 Å². The molecule has 1 heterocycles. The Balaban J connectivity index is 2.10. The second-order valence-electron chi connectivity index (χ2n) is 6.54. The van der Waals surface area contributed by atoms with Crippen LogP contribution in [0.25, 0.3) is 0 Å². The summed E-state index contributed by atoms with van der Waals surface area (Å²) in [4.78, 5) is 8.66. The zero-order chi connectivity index (χ0) is 14.0. The predicted molar refractivity (Wildman–Crippen MR) is 77.5 cm³/mol. The number of ether oxygens (including phenoxy) is 1. The van der Waals surface area contributed by atoms with E-state index < -0.39 is 0 Å². The summed E-state index contributed by atoms with van der Waals surface area (Å²) in [6.07, 6.45) is 3.74. The Bertz CT molecular complexity index is 445. The molecule has 19 heavy (non-hydrogen) atoms. The van der Waals surface area contributed by atoms with E-state index in [0.717, 1.165) is 24.5 Å². The summed E-state index contributed by atoms with van der Waals surface area (Å²) in [6, 6.07) is 1.87. The normalized spacial score (nSPS) is 25.9. The highest BCUT2D eigenvalue weighted by Gasteiger charge is 2.33. The zero-order valence-electron chi connectivity index (χ0n) is 12.7. The van der Waals surface area contributed by atoms with Crippen LogP contribution in [0.4, 0.5) is 5.82 Å². The van der Waals surface area contributed by atoms with E-state index in [1.165, 1.54) is 6.42 Å². The third-order valence-electron chi connectivity index (χ3n) is 3.70. The fourth-order valence-corrected chi connectivity index (χ4v) is 3.25. The summed E-state index contributed by atoms with van der Waals surface area (Å²) >= 11 is 0. The minimum absolute atomic E-state index is 0.262. The molecule has 0 spiro atoms. The third kappa shape index (κ3) is 3.82. The van der Waals surface area contributed by atoms with Crippen molar-refractivity contribution in [1.29, 1.82) is 0 Å². The monoisotopic (exact) mass is 263 g/mol. The lowest BCUT2D eigenvalue weighted by atomic mass is 9.71. The van der Waals surface area contributed by atoms with Gasteiger partial charge in [0, 0.05) is 13.1 Å². The Morgan fingerprint density at radius 2 is 2.05 bits per heavy atom. The summed E-state index contributed by atoms with van der Waals surface area (Å²) in [6.45, 7) is 8.84. The highest BCUT2D eigenvalue weighted by atomic mass is 16.5. The topological polar surface area (TPSA) is 47.0 Å². The average molecular weight is 263 g/mol. The molecule has 106 valence electrons. The summed E-state index contributed by atoms with van der Waals surface area (Å²) in [5.74, 6) is 2.95. The van der Waals surface area contributed by atoms with Gasteiger partial charge in [0.05, 0.1) is 0 Å². The lowest BCUT2D eigenvalue weighted by Gasteiger charge is -2.38. The maximum Gasteiger partial charge on any atom is 0.218 e. The number of rotatable bonds is 3. The Labute approximate surface area is 116 Å². The summed E-state index contributed by atoms with van der Waals surface area (Å²) in [5, 5.41) is 3.04. The molecule has 0 aliphatic heterocycles. The van der Waals surface area contributed by atoms with Gasteiger partial charge in [-0.05, 0) is 37.5 Å². The van der Waals surface area contributed by atoms with Gasteiger partial charge in [0.2, 0.25) is 5.88 Å². The van der Waals surface area contributed by atoms with Crippen molar-refractivity contribution in [3.05, 3.63) is 11.9 Å². The van der Waals surface area contributed by atoms with Crippen molar-refractivity contribution >= 4 is 5.82 Å². The van der Waals surface area contributed by atoms with Crippen molar-refractivity contribution < 1.29 is 4.74 Å². The number of aryl methyl sites for hydroxylation is 1. The van der Waals surface area contributed by atoms with Crippen molar-refractivity contribution in [2.75, 3.05) is 12.4 Å². The van der Waals surface area contributed by atoms with Crippen LogP contribution in [0.3, 0.4) is 0 Å². The first-order valence-electron chi connectivity index (χ1n) is 7.08. The number of hydrogen-bond donors (Lipinski definition) is 1. The Hall–Kier alpha value is -1.32. The van der Waals surface area contributed by atoms with E-state index in [1.807, 2.05) is 20.0 Å². The van der Waals surface area contributed by atoms with E-state index in [4.69, 9.17) is 4.74 Å². The molecule has 1 aromatic rings. The Kier molecular flexibility index (Phi) is 3.97. The molecule has 1 aromatic heterocycles. The van der Waals surface area contributed by atoms with Crippen LogP contribution in [0.1, 0.15) is 45.9 Å². The molecular formula is C15H25N3O. The second kappa shape index (κ2) is 5.35. The number of aromatic nitrogens is 2. The van der Waals surface area contributed by atoms with Crippen LogP contribution in [0.5, 0.6) is 5.88 Å². The van der Waals surface area contributed by atoms with E-state index in [2.05, 4.69) is 36.1 Å². The molecule has 0 radical (unpaired) electrons. The van der Waals surface area contributed by atoms with Gasteiger partial charge in [-0.2, -0.15) is 4.98 Å². The predicted octanol–water partition coefficient (Wildman–Crippen LogP) is 3.42. The lowest BCUT2D eigenvalue weighted by molar-refractivity contribution is 0.0531. The second-order valence-corrected chi connectivity index (χ2v) is 6.54. The standard InChI is InChI=1S/C15H25N3O/c1-10-6-12(9-15(3,4)8-10)19-14-7-13(16-5)17-11(2)18-14/h7,10,12H,6,8-9H2,1-5H3,(H,16,17,18). The molecule has 0 amide bonds. The molecule has 1 aliphatic carbocycles. The van der Waals surface area contributed by atoms with Crippen molar-refractivity contribution in [3.8, 4) is 5.88 Å². The number of hydrogen-bond acceptors (Lipinski definition) is 4. The molecule has 1 N–H and O–H groups in total. The van der Waals surface area contributed by atoms with Crippen LogP contribution in [0.2, 0.25) is 0 Å². The van der Waals surface area contributed by atoms with Gasteiger partial charge >= 0.3 is 0 Å². The van der Waals surface area contributed by atoms with E-state index in [0.29, 0.717) is 17.2 Å². The molecule has 4 heteroatoms. The highest BCUT2D eigenvalue weighted by molar-refractivity contribution is 5.37. The van der Waals surface area contributed by atoms with E-state index >= 15 is 0 Å². The van der Waals surface area contributed by atoms with Crippen LogP contribution in [-0.2, 0) is 0 Å². The first-order valence-corrected chi connectivity index (χ1v) is 7.08. The van der Waals surface area contributed by atoms with Crippen LogP contribution in [0.15, 0.2) is 6.07 Å². The van der Waals surface area contributed by atoms with Gasteiger partial charge in [-0.15, -0.1) is 0 Å². The van der Waals surface area contributed by atoms with Crippen molar-refractivity contribution in [2.45, 2.75) is 53.1 Å². The number of nitrogens with zero attached hydrogens (tertiary/aromatic N) is 2. The van der Waals surface area contributed by atoms with Crippen LogP contribution < -0.4 is 10.1 Å². The Morgan fingerprint density at radius 3 is 2.68 bits per heavy atom. The molecule has 1 aliphatic rings. The average Bonchev–Trinajstić information content (AvgIpc) is 2.24. The summed E-state index contributed by atoms with van der Waals surface area (Å²) < 4.78 is 6.09. The minimum atomic E-state index is 0.262. The maximum atomic E-state index is 6.09. The third-order valence-corrected chi connectivity index (χ3v) is 3.70. The number of nitrogens with one attached hydrogen (secondary N) is 1. The number of anilines is 1. The molecule has 1 fully saturated rings. The largest absolute Gasteiger partial charge is 0.474 e. The minimum Gasteiger partial charge on any atom is -0.474 e. The fourth-order valence-electron chi connectivity index (χ4n) is 3.25. The molecule has 4 nitrogen and oxygen atoms in total. The van der Waals surface area contributed by atoms with Crippen LogP contribution >= 0.6 is 0 Å². The van der Waals surface area contributed by atoms with Gasteiger partial charge in [-0.25, -0.2) is 4.98 Å². The first-order chi connectivity index (χ1) is 8.88. The van der Waals surface area contributed by atoms with Gasteiger partial charge in [0.25, 0.3) is 0 Å². The molecular weight excluding hydrogens is 238 g/mol. The SMILES string of the molecule is CNc1cc(OC2CC(C)CC(C)(C)C2)nc(C)n1. The van der Waals surface area contributed by atoms with Crippen LogP contribution in [0, 0.1) is 18.3 Å². The molecule has 0 bridgehead atoms. The molecule has 1 saturated carbocycles. The van der Waals surface area contributed by atoms with Gasteiger partial charge < -0.3 is 10.1 Å². The molecule has 2 atom stereocenters. The van der Waals surface area contributed by atoms with Crippen molar-refractivity contribution in [2.24, 2.45) is 11.3 Å². The van der Waals surface area contributed by atoms with Crippen LogP contribution in [-0.4, -0.2) is 23.1 Å². The van der Waals surface area contributed by atoms with Gasteiger partial charge in [0.15, 0.2) is 0 Å². The molecule has 0 aromatic carbocycles. The first kappa shape index (κ1) is 14.1. The van der Waals surface area contributed by atoms with Gasteiger partial charge in [-0.3, -0.25) is 0 Å². The van der Waals surface area contributed by atoms with Crippen molar-refractivity contribution in [1.82, 2.24) is 9.97 Å². The molecule has 2 unspecified atom stereocenters. The van der Waals surface area contributed by atoms with Gasteiger partial charge in [-0.1, -0.05) is 20.8 Å². The molecule has 0 saturated heterocycles. The van der Waals surface area contributed by atoms with Gasteiger partial charge in [0.1, 0.15) is 17.7 Å². The molecule has 2 rings (SSSR count).